The van der Waals surface area contributed by atoms with E-state index < -0.39 is 0 Å². The van der Waals surface area contributed by atoms with Gasteiger partial charge in [0.25, 0.3) is 0 Å². The van der Waals surface area contributed by atoms with Crippen LogP contribution in [0.25, 0.3) is 0 Å². The van der Waals surface area contributed by atoms with Crippen LogP contribution in [-0.4, -0.2) is 4.98 Å². The Balaban J connectivity index is 1.83. The molecule has 0 bridgehead atoms. The van der Waals surface area contributed by atoms with Gasteiger partial charge in [-0.3, -0.25) is 4.98 Å². The van der Waals surface area contributed by atoms with Gasteiger partial charge in [-0.1, -0.05) is 30.7 Å². The maximum atomic E-state index is 6.40. The van der Waals surface area contributed by atoms with Crippen LogP contribution < -0.4 is 5.73 Å². The van der Waals surface area contributed by atoms with Crippen LogP contribution in [0.2, 0.25) is 0 Å². The number of hydrogen-bond donors (Lipinski definition) is 1. The zero-order chi connectivity index (χ0) is 14.1. The van der Waals surface area contributed by atoms with E-state index in [9.17, 15) is 0 Å². The largest absolute Gasteiger partial charge is 0.320 e. The molecule has 0 aliphatic heterocycles. The van der Waals surface area contributed by atoms with Gasteiger partial charge in [-0.15, -0.1) is 0 Å². The van der Waals surface area contributed by atoms with Crippen molar-refractivity contribution in [2.45, 2.75) is 45.1 Å². The Morgan fingerprint density at radius 1 is 1.00 bits per heavy atom. The summed E-state index contributed by atoms with van der Waals surface area (Å²) in [6.07, 6.45) is 4.06. The highest BCUT2D eigenvalue weighted by molar-refractivity contribution is 5.35. The van der Waals surface area contributed by atoms with Crippen molar-refractivity contribution in [1.82, 2.24) is 4.98 Å². The molecule has 1 heterocycles. The summed E-state index contributed by atoms with van der Waals surface area (Å²) in [5, 5.41) is 0. The highest BCUT2D eigenvalue weighted by Gasteiger charge is 2.19. The van der Waals surface area contributed by atoms with Crippen LogP contribution in [0.1, 0.15) is 59.3 Å². The third kappa shape index (κ3) is 2.61. The Morgan fingerprint density at radius 2 is 1.60 bits per heavy atom. The smallest absolute Gasteiger partial charge is 0.0552 e. The first-order valence-corrected chi connectivity index (χ1v) is 7.44. The van der Waals surface area contributed by atoms with E-state index in [4.69, 9.17) is 5.73 Å². The minimum absolute atomic E-state index is 0.0640. The second-order valence-electron chi connectivity index (χ2n) is 5.96. The molecule has 1 aromatic carbocycles. The highest BCUT2D eigenvalue weighted by atomic mass is 14.7. The lowest BCUT2D eigenvalue weighted by Gasteiger charge is -2.26. The minimum Gasteiger partial charge on any atom is -0.320 e. The molecule has 0 radical (unpaired) electrons. The van der Waals surface area contributed by atoms with Gasteiger partial charge in [-0.05, 0) is 61.4 Å². The normalized spacial score (nSPS) is 16.8. The third-order valence-electron chi connectivity index (χ3n) is 4.34. The lowest BCUT2D eigenvalue weighted by Crippen LogP contribution is -2.13. The molecule has 2 heteroatoms. The van der Waals surface area contributed by atoms with Crippen molar-refractivity contribution in [3.63, 3.8) is 0 Å². The first-order chi connectivity index (χ1) is 9.63. The molecule has 2 N–H and O–H groups in total. The zero-order valence-electron chi connectivity index (χ0n) is 12.3. The third-order valence-corrected chi connectivity index (χ3v) is 4.34. The van der Waals surface area contributed by atoms with E-state index in [-0.39, 0.29) is 6.04 Å². The lowest BCUT2D eigenvalue weighted by atomic mass is 9.79. The van der Waals surface area contributed by atoms with Crippen molar-refractivity contribution in [3.05, 3.63) is 64.5 Å². The van der Waals surface area contributed by atoms with Crippen molar-refractivity contribution in [3.8, 4) is 0 Å². The number of nitrogens with zero attached hydrogens (tertiary/aromatic N) is 1. The quantitative estimate of drug-likeness (QED) is 0.911. The summed E-state index contributed by atoms with van der Waals surface area (Å²) in [7, 11) is 0. The predicted octanol–water partition coefficient (Wildman–Crippen LogP) is 4.01. The van der Waals surface area contributed by atoms with E-state index >= 15 is 0 Å². The van der Waals surface area contributed by atoms with Crippen molar-refractivity contribution < 1.29 is 0 Å². The summed E-state index contributed by atoms with van der Waals surface area (Å²) >= 11 is 0. The summed E-state index contributed by atoms with van der Waals surface area (Å²) in [4.78, 5) is 4.41. The molecule has 0 amide bonds. The van der Waals surface area contributed by atoms with Crippen LogP contribution in [-0.2, 0) is 0 Å². The summed E-state index contributed by atoms with van der Waals surface area (Å²) in [6.45, 7) is 4.03. The first kappa shape index (κ1) is 13.3. The highest BCUT2D eigenvalue weighted by Crippen LogP contribution is 2.36. The maximum Gasteiger partial charge on any atom is 0.0552 e. The fraction of sp³-hybridized carbons (Fsp3) is 0.389. The second-order valence-corrected chi connectivity index (χ2v) is 5.96. The van der Waals surface area contributed by atoms with Crippen molar-refractivity contribution >= 4 is 0 Å². The van der Waals surface area contributed by atoms with Crippen LogP contribution in [0.3, 0.4) is 0 Å². The fourth-order valence-electron chi connectivity index (χ4n) is 2.96. The van der Waals surface area contributed by atoms with E-state index in [0.717, 1.165) is 22.9 Å². The number of rotatable bonds is 3. The van der Waals surface area contributed by atoms with Gasteiger partial charge in [0, 0.05) is 11.4 Å². The molecule has 1 aromatic heterocycles. The Hall–Kier alpha value is -1.67. The molecule has 104 valence electrons. The predicted molar refractivity (Wildman–Crippen MR) is 82.8 cm³/mol. The molecule has 1 unspecified atom stereocenters. The first-order valence-electron chi connectivity index (χ1n) is 7.44. The maximum absolute atomic E-state index is 6.40. The van der Waals surface area contributed by atoms with E-state index in [1.54, 1.807) is 0 Å². The zero-order valence-corrected chi connectivity index (χ0v) is 12.3. The number of pyridine rings is 1. The van der Waals surface area contributed by atoms with Gasteiger partial charge in [0.1, 0.15) is 0 Å². The Bertz CT molecular complexity index is 577. The number of aromatic nitrogens is 1. The van der Waals surface area contributed by atoms with Crippen LogP contribution in [0.15, 0.2) is 36.4 Å². The molecule has 1 atom stereocenters. The van der Waals surface area contributed by atoms with Gasteiger partial charge in [-0.2, -0.15) is 0 Å². The number of nitrogens with two attached hydrogens (primary N) is 1. The van der Waals surface area contributed by atoms with E-state index in [1.807, 2.05) is 13.8 Å². The Morgan fingerprint density at radius 3 is 2.10 bits per heavy atom. The van der Waals surface area contributed by atoms with Crippen molar-refractivity contribution in [2.75, 3.05) is 0 Å². The van der Waals surface area contributed by atoms with Crippen molar-refractivity contribution in [1.29, 1.82) is 0 Å². The topological polar surface area (TPSA) is 38.9 Å². The number of hydrogen-bond acceptors (Lipinski definition) is 2. The Labute approximate surface area is 121 Å². The molecule has 2 aromatic rings. The standard InChI is InChI=1S/C18H22N2/c1-12-10-17(11-13(2)20-12)18(19)16-8-6-15(7-9-16)14-4-3-5-14/h6-11,14,18H,3-5,19H2,1-2H3. The average molecular weight is 266 g/mol. The second kappa shape index (κ2) is 5.37. The molecular weight excluding hydrogens is 244 g/mol. The SMILES string of the molecule is Cc1cc(C(N)c2ccc(C3CCC3)cc2)cc(C)n1. The van der Waals surface area contributed by atoms with Crippen molar-refractivity contribution in [2.24, 2.45) is 5.73 Å². The summed E-state index contributed by atoms with van der Waals surface area (Å²) in [5.74, 6) is 0.783. The summed E-state index contributed by atoms with van der Waals surface area (Å²) < 4.78 is 0. The monoisotopic (exact) mass is 266 g/mol. The molecular formula is C18H22N2. The molecule has 0 spiro atoms. The molecule has 3 rings (SSSR count). The molecule has 1 aliphatic rings. The summed E-state index contributed by atoms with van der Waals surface area (Å²) in [5.41, 5.74) is 12.2. The lowest BCUT2D eigenvalue weighted by molar-refractivity contribution is 0.419. The van der Waals surface area contributed by atoms with Crippen LogP contribution in [0.5, 0.6) is 0 Å². The van der Waals surface area contributed by atoms with E-state index in [1.165, 1.54) is 30.4 Å². The Kier molecular flexibility index (Phi) is 3.58. The number of benzene rings is 1. The summed E-state index contributed by atoms with van der Waals surface area (Å²) in [6, 6.07) is 13.0. The van der Waals surface area contributed by atoms with Crippen LogP contribution in [0, 0.1) is 13.8 Å². The molecule has 1 fully saturated rings. The van der Waals surface area contributed by atoms with Crippen LogP contribution >= 0.6 is 0 Å². The molecule has 0 saturated heterocycles. The number of aryl methyl sites for hydroxylation is 2. The minimum atomic E-state index is -0.0640. The molecule has 20 heavy (non-hydrogen) atoms. The van der Waals surface area contributed by atoms with Gasteiger partial charge >= 0.3 is 0 Å². The van der Waals surface area contributed by atoms with Gasteiger partial charge in [-0.25, -0.2) is 0 Å². The molecule has 2 nitrogen and oxygen atoms in total. The van der Waals surface area contributed by atoms with Crippen LogP contribution in [0.4, 0.5) is 0 Å². The van der Waals surface area contributed by atoms with Gasteiger partial charge in [0.2, 0.25) is 0 Å². The van der Waals surface area contributed by atoms with Gasteiger partial charge in [0.05, 0.1) is 6.04 Å². The van der Waals surface area contributed by atoms with Gasteiger partial charge < -0.3 is 5.73 Å². The molecule has 1 saturated carbocycles. The van der Waals surface area contributed by atoms with E-state index in [0.29, 0.717) is 0 Å². The van der Waals surface area contributed by atoms with Gasteiger partial charge in [0.15, 0.2) is 0 Å². The average Bonchev–Trinajstić information content (AvgIpc) is 2.35. The fourth-order valence-corrected chi connectivity index (χ4v) is 2.96. The van der Waals surface area contributed by atoms with E-state index in [2.05, 4.69) is 41.4 Å². The molecule has 1 aliphatic carbocycles.